The molecule has 5 heteroatoms. The number of aliphatic imine (C=N–C) groups is 1. The number of nitrogens with zero attached hydrogens (tertiary/aromatic N) is 1. The summed E-state index contributed by atoms with van der Waals surface area (Å²) < 4.78 is 0. The van der Waals surface area contributed by atoms with Gasteiger partial charge >= 0.3 is 0 Å². The molecule has 1 aliphatic carbocycles. The summed E-state index contributed by atoms with van der Waals surface area (Å²) in [4.78, 5) is 7.83. The molecule has 120 valence electrons. The van der Waals surface area contributed by atoms with Crippen LogP contribution in [-0.4, -0.2) is 17.5 Å². The van der Waals surface area contributed by atoms with Crippen molar-refractivity contribution < 1.29 is 0 Å². The van der Waals surface area contributed by atoms with Gasteiger partial charge in [0, 0.05) is 23.1 Å². The molecule has 0 unspecified atom stereocenters. The van der Waals surface area contributed by atoms with Gasteiger partial charge in [0.05, 0.1) is 6.54 Å². The van der Waals surface area contributed by atoms with Crippen LogP contribution in [0.1, 0.15) is 36.1 Å². The van der Waals surface area contributed by atoms with Crippen LogP contribution < -0.4 is 11.1 Å². The van der Waals surface area contributed by atoms with E-state index in [0.29, 0.717) is 12.5 Å². The zero-order valence-corrected chi connectivity index (χ0v) is 15.6. The Morgan fingerprint density at radius 1 is 1.36 bits per heavy atom. The van der Waals surface area contributed by atoms with Gasteiger partial charge < -0.3 is 16.0 Å². The van der Waals surface area contributed by atoms with Gasteiger partial charge in [-0.25, -0.2) is 4.99 Å². The molecular formula is C17H25IN4. The topological polar surface area (TPSA) is 66.2 Å². The van der Waals surface area contributed by atoms with Crippen molar-refractivity contribution in [3.8, 4) is 0 Å². The molecule has 4 nitrogen and oxygen atoms in total. The largest absolute Gasteiger partial charge is 0.370 e. The average Bonchev–Trinajstić information content (AvgIpc) is 2.70. The van der Waals surface area contributed by atoms with Crippen molar-refractivity contribution in [2.24, 2.45) is 16.6 Å². The van der Waals surface area contributed by atoms with Crippen LogP contribution in [0.5, 0.6) is 0 Å². The lowest BCUT2D eigenvalue weighted by Crippen LogP contribution is -2.37. The summed E-state index contributed by atoms with van der Waals surface area (Å²) in [5, 5.41) is 4.51. The van der Waals surface area contributed by atoms with E-state index in [9.17, 15) is 0 Å². The lowest BCUT2D eigenvalue weighted by molar-refractivity contribution is 0.315. The number of nitrogens with one attached hydrogen (secondary N) is 2. The van der Waals surface area contributed by atoms with E-state index in [0.717, 1.165) is 12.5 Å². The molecule has 0 atom stereocenters. The molecule has 1 aromatic heterocycles. The molecule has 2 aromatic rings. The Labute approximate surface area is 149 Å². The number of hydrogen-bond donors (Lipinski definition) is 3. The molecular weight excluding hydrogens is 387 g/mol. The molecule has 1 fully saturated rings. The second-order valence-corrected chi connectivity index (χ2v) is 6.13. The molecule has 0 saturated heterocycles. The predicted molar refractivity (Wildman–Crippen MR) is 104 cm³/mol. The van der Waals surface area contributed by atoms with E-state index in [1.807, 2.05) is 0 Å². The summed E-state index contributed by atoms with van der Waals surface area (Å²) in [7, 11) is 0. The van der Waals surface area contributed by atoms with Gasteiger partial charge in [0.15, 0.2) is 5.96 Å². The lowest BCUT2D eigenvalue weighted by atomic mass is 9.85. The van der Waals surface area contributed by atoms with Crippen LogP contribution in [0.3, 0.4) is 0 Å². The number of halogens is 1. The zero-order chi connectivity index (χ0) is 14.8. The summed E-state index contributed by atoms with van der Waals surface area (Å²) in [6.07, 6.45) is 4.00. The number of guanidine groups is 1. The van der Waals surface area contributed by atoms with Gasteiger partial charge in [-0.1, -0.05) is 12.5 Å². The predicted octanol–water partition coefficient (Wildman–Crippen LogP) is 3.61. The summed E-state index contributed by atoms with van der Waals surface area (Å²) in [5.74, 6) is 1.35. The molecule has 1 saturated carbocycles. The summed E-state index contributed by atoms with van der Waals surface area (Å²) in [5.41, 5.74) is 10.9. The minimum absolute atomic E-state index is 0. The van der Waals surface area contributed by atoms with Gasteiger partial charge in [-0.05, 0) is 55.9 Å². The van der Waals surface area contributed by atoms with Gasteiger partial charge in [-0.15, -0.1) is 24.0 Å². The number of rotatable bonds is 4. The number of aromatic amines is 1. The number of nitrogens with two attached hydrogens (primary N) is 1. The first-order valence-electron chi connectivity index (χ1n) is 7.75. The van der Waals surface area contributed by atoms with E-state index in [2.05, 4.69) is 47.3 Å². The fourth-order valence-electron chi connectivity index (χ4n) is 2.78. The lowest BCUT2D eigenvalue weighted by Gasteiger charge is -2.25. The van der Waals surface area contributed by atoms with Crippen LogP contribution in [0, 0.1) is 19.8 Å². The SMILES string of the molecule is Cc1[nH]c2ccc(CN=C(N)NCC3CCC3)cc2c1C.I. The highest BCUT2D eigenvalue weighted by molar-refractivity contribution is 14.0. The Morgan fingerprint density at radius 2 is 2.14 bits per heavy atom. The van der Waals surface area contributed by atoms with Crippen LogP contribution >= 0.6 is 24.0 Å². The molecule has 0 amide bonds. The van der Waals surface area contributed by atoms with Crippen LogP contribution in [0.4, 0.5) is 0 Å². The summed E-state index contributed by atoms with van der Waals surface area (Å²) in [6.45, 7) is 5.85. The van der Waals surface area contributed by atoms with Crippen molar-refractivity contribution in [3.63, 3.8) is 0 Å². The first kappa shape index (κ1) is 17.1. The molecule has 22 heavy (non-hydrogen) atoms. The van der Waals surface area contributed by atoms with Crippen molar-refractivity contribution >= 4 is 40.8 Å². The van der Waals surface area contributed by atoms with Crippen LogP contribution in [0.25, 0.3) is 10.9 Å². The molecule has 4 N–H and O–H groups in total. The fraction of sp³-hybridized carbons (Fsp3) is 0.471. The monoisotopic (exact) mass is 412 g/mol. The standard InChI is InChI=1S/C17H24N4.HI/c1-11-12(2)21-16-7-6-14(8-15(11)16)10-20-17(18)19-9-13-4-3-5-13;/h6-8,13,21H,3-5,9-10H2,1-2H3,(H3,18,19,20);1H. The molecule has 0 radical (unpaired) electrons. The molecule has 1 heterocycles. The van der Waals surface area contributed by atoms with E-state index in [-0.39, 0.29) is 24.0 Å². The molecule has 0 aliphatic heterocycles. The molecule has 3 rings (SSSR count). The van der Waals surface area contributed by atoms with E-state index < -0.39 is 0 Å². The number of H-pyrrole nitrogens is 1. The highest BCUT2D eigenvalue weighted by Gasteiger charge is 2.16. The zero-order valence-electron chi connectivity index (χ0n) is 13.3. The molecule has 1 aromatic carbocycles. The van der Waals surface area contributed by atoms with E-state index in [1.165, 1.54) is 47.0 Å². The third kappa shape index (κ3) is 3.74. The average molecular weight is 412 g/mol. The normalized spacial score (nSPS) is 15.5. The third-order valence-electron chi connectivity index (χ3n) is 4.60. The van der Waals surface area contributed by atoms with Crippen molar-refractivity contribution in [1.29, 1.82) is 0 Å². The van der Waals surface area contributed by atoms with Crippen molar-refractivity contribution in [3.05, 3.63) is 35.0 Å². The highest BCUT2D eigenvalue weighted by Crippen LogP contribution is 2.25. The quantitative estimate of drug-likeness (QED) is 0.408. The maximum Gasteiger partial charge on any atom is 0.188 e. The second-order valence-electron chi connectivity index (χ2n) is 6.13. The molecule has 1 aliphatic rings. The van der Waals surface area contributed by atoms with Crippen LogP contribution in [0.15, 0.2) is 23.2 Å². The maximum atomic E-state index is 5.93. The van der Waals surface area contributed by atoms with Crippen LogP contribution in [0.2, 0.25) is 0 Å². The van der Waals surface area contributed by atoms with Gasteiger partial charge in [0.2, 0.25) is 0 Å². The number of aryl methyl sites for hydroxylation is 2. The van der Waals surface area contributed by atoms with E-state index in [1.54, 1.807) is 0 Å². The van der Waals surface area contributed by atoms with Crippen molar-refractivity contribution in [2.45, 2.75) is 39.7 Å². The minimum Gasteiger partial charge on any atom is -0.370 e. The summed E-state index contributed by atoms with van der Waals surface area (Å²) in [6, 6.07) is 6.44. The second kappa shape index (κ2) is 7.35. The van der Waals surface area contributed by atoms with Gasteiger partial charge in [0.1, 0.15) is 0 Å². The van der Waals surface area contributed by atoms with Gasteiger partial charge in [0.25, 0.3) is 0 Å². The van der Waals surface area contributed by atoms with Gasteiger partial charge in [-0.2, -0.15) is 0 Å². The number of hydrogen-bond acceptors (Lipinski definition) is 1. The summed E-state index contributed by atoms with van der Waals surface area (Å²) >= 11 is 0. The van der Waals surface area contributed by atoms with E-state index >= 15 is 0 Å². The minimum atomic E-state index is 0. The number of aromatic nitrogens is 1. The first-order valence-corrected chi connectivity index (χ1v) is 7.75. The maximum absolute atomic E-state index is 5.93. The Balaban J connectivity index is 0.00000176. The number of benzene rings is 1. The Kier molecular flexibility index (Phi) is 5.72. The Bertz CT molecular complexity index is 671. The van der Waals surface area contributed by atoms with Gasteiger partial charge in [-0.3, -0.25) is 0 Å². The van der Waals surface area contributed by atoms with E-state index in [4.69, 9.17) is 5.73 Å². The molecule has 0 bridgehead atoms. The number of fused-ring (bicyclic) bond motifs is 1. The molecule has 0 spiro atoms. The van der Waals surface area contributed by atoms with Crippen molar-refractivity contribution in [1.82, 2.24) is 10.3 Å². The third-order valence-corrected chi connectivity index (χ3v) is 4.60. The fourth-order valence-corrected chi connectivity index (χ4v) is 2.78. The van der Waals surface area contributed by atoms with Crippen LogP contribution in [-0.2, 0) is 6.54 Å². The Hall–Kier alpha value is -1.24. The Morgan fingerprint density at radius 3 is 2.82 bits per heavy atom. The highest BCUT2D eigenvalue weighted by atomic mass is 127. The first-order chi connectivity index (χ1) is 10.1. The van der Waals surface area contributed by atoms with Crippen molar-refractivity contribution in [2.75, 3.05) is 6.54 Å². The smallest absolute Gasteiger partial charge is 0.188 e.